The molecular formula is C8H4F6N4S. The van der Waals surface area contributed by atoms with Crippen LogP contribution in [0.4, 0.5) is 26.3 Å². The Morgan fingerprint density at radius 1 is 1.11 bits per heavy atom. The molecular weight excluding hydrogens is 298 g/mol. The number of aromatic nitrogens is 4. The average Bonchev–Trinajstić information content (AvgIpc) is 2.66. The quantitative estimate of drug-likeness (QED) is 0.800. The summed E-state index contributed by atoms with van der Waals surface area (Å²) in [4.78, 5) is 6.69. The van der Waals surface area contributed by atoms with Crippen LogP contribution >= 0.6 is 11.8 Å². The standard InChI is InChI=1S/C8H4F6N4S/c9-7(10,11)5-2-16-18-4(1-15-6(18)17-5)3-19-8(12,13)14/h1-2H,3H2. The fourth-order valence-electron chi connectivity index (χ4n) is 1.21. The van der Waals surface area contributed by atoms with Gasteiger partial charge in [-0.1, -0.05) is 0 Å². The van der Waals surface area contributed by atoms with Gasteiger partial charge in [-0.3, -0.25) is 0 Å². The third-order valence-electron chi connectivity index (χ3n) is 1.98. The molecule has 2 heterocycles. The molecule has 0 aliphatic rings. The number of hydrogen-bond donors (Lipinski definition) is 0. The van der Waals surface area contributed by atoms with E-state index in [1.807, 2.05) is 0 Å². The van der Waals surface area contributed by atoms with Crippen molar-refractivity contribution < 1.29 is 26.3 Å². The van der Waals surface area contributed by atoms with Crippen LogP contribution < -0.4 is 0 Å². The molecule has 0 radical (unpaired) electrons. The van der Waals surface area contributed by atoms with Crippen molar-refractivity contribution in [1.29, 1.82) is 0 Å². The summed E-state index contributed by atoms with van der Waals surface area (Å²) in [5, 5.41) is 3.40. The number of halogens is 6. The van der Waals surface area contributed by atoms with Crippen LogP contribution in [0.2, 0.25) is 0 Å². The molecule has 0 N–H and O–H groups in total. The molecule has 0 aromatic carbocycles. The minimum Gasteiger partial charge on any atom is -0.218 e. The molecule has 0 spiro atoms. The first-order chi connectivity index (χ1) is 8.67. The molecule has 2 rings (SSSR count). The smallest absolute Gasteiger partial charge is 0.218 e. The van der Waals surface area contributed by atoms with Crippen molar-refractivity contribution in [2.45, 2.75) is 17.4 Å². The average molecular weight is 302 g/mol. The number of fused-ring (bicyclic) bond motifs is 1. The molecule has 0 saturated heterocycles. The molecule has 11 heteroatoms. The van der Waals surface area contributed by atoms with Crippen LogP contribution in [0, 0.1) is 0 Å². The number of rotatable bonds is 2. The number of imidazole rings is 1. The van der Waals surface area contributed by atoms with Crippen LogP contribution in [0.1, 0.15) is 11.4 Å². The minimum atomic E-state index is -4.68. The number of hydrogen-bond acceptors (Lipinski definition) is 4. The summed E-state index contributed by atoms with van der Waals surface area (Å²) < 4.78 is 73.9. The second kappa shape index (κ2) is 4.54. The largest absolute Gasteiger partial charge is 0.442 e. The van der Waals surface area contributed by atoms with E-state index >= 15 is 0 Å². The van der Waals surface area contributed by atoms with Gasteiger partial charge in [0.05, 0.1) is 18.1 Å². The number of alkyl halides is 6. The molecule has 0 saturated carbocycles. The molecule has 0 unspecified atom stereocenters. The highest BCUT2D eigenvalue weighted by atomic mass is 32.2. The van der Waals surface area contributed by atoms with E-state index in [1.54, 1.807) is 0 Å². The van der Waals surface area contributed by atoms with Gasteiger partial charge < -0.3 is 0 Å². The van der Waals surface area contributed by atoms with E-state index in [0.717, 1.165) is 10.7 Å². The molecule has 0 fully saturated rings. The topological polar surface area (TPSA) is 43.1 Å². The van der Waals surface area contributed by atoms with E-state index in [2.05, 4.69) is 15.1 Å². The van der Waals surface area contributed by atoms with E-state index in [1.165, 1.54) is 0 Å². The van der Waals surface area contributed by atoms with Crippen molar-refractivity contribution in [2.24, 2.45) is 0 Å². The number of nitrogens with zero attached hydrogens (tertiary/aromatic N) is 4. The zero-order valence-electron chi connectivity index (χ0n) is 8.83. The van der Waals surface area contributed by atoms with Crippen LogP contribution in [0.5, 0.6) is 0 Å². The lowest BCUT2D eigenvalue weighted by Crippen LogP contribution is -2.11. The Bertz CT molecular complexity index is 589. The van der Waals surface area contributed by atoms with Gasteiger partial charge in [-0.15, -0.1) is 0 Å². The van der Waals surface area contributed by atoms with Crippen LogP contribution in [0.25, 0.3) is 5.78 Å². The molecule has 2 aromatic heterocycles. The maximum Gasteiger partial charge on any atom is 0.442 e. The lowest BCUT2D eigenvalue weighted by molar-refractivity contribution is -0.141. The van der Waals surface area contributed by atoms with Crippen molar-refractivity contribution in [2.75, 3.05) is 0 Å². The van der Waals surface area contributed by atoms with Gasteiger partial charge in [-0.25, -0.2) is 14.5 Å². The van der Waals surface area contributed by atoms with Gasteiger partial charge >= 0.3 is 11.7 Å². The fourth-order valence-corrected chi connectivity index (χ4v) is 1.72. The first-order valence-corrected chi connectivity index (χ1v) is 5.63. The van der Waals surface area contributed by atoms with Gasteiger partial charge in [0.25, 0.3) is 5.78 Å². The maximum absolute atomic E-state index is 12.3. The number of thioether (sulfide) groups is 1. The molecule has 0 amide bonds. The summed E-state index contributed by atoms with van der Waals surface area (Å²) in [6.07, 6.45) is -3.23. The highest BCUT2D eigenvalue weighted by molar-refractivity contribution is 7.99. The molecule has 0 aliphatic carbocycles. The Morgan fingerprint density at radius 3 is 2.37 bits per heavy atom. The molecule has 104 valence electrons. The Morgan fingerprint density at radius 2 is 1.79 bits per heavy atom. The van der Waals surface area contributed by atoms with Gasteiger partial charge in [0.1, 0.15) is 0 Å². The summed E-state index contributed by atoms with van der Waals surface area (Å²) in [6.45, 7) is 0. The summed E-state index contributed by atoms with van der Waals surface area (Å²) in [7, 11) is 0. The Hall–Kier alpha value is -1.52. The van der Waals surface area contributed by atoms with E-state index in [9.17, 15) is 26.3 Å². The van der Waals surface area contributed by atoms with Gasteiger partial charge in [-0.2, -0.15) is 31.4 Å². The molecule has 4 nitrogen and oxygen atoms in total. The SMILES string of the molecule is FC(F)(F)SCc1cnc2nc(C(F)(F)F)cnn12. The van der Waals surface area contributed by atoms with Gasteiger partial charge in [-0.05, 0) is 11.8 Å². The zero-order valence-corrected chi connectivity index (χ0v) is 9.64. The monoisotopic (exact) mass is 302 g/mol. The first kappa shape index (κ1) is 13.9. The van der Waals surface area contributed by atoms with Crippen LogP contribution in [-0.4, -0.2) is 25.1 Å². The first-order valence-electron chi connectivity index (χ1n) is 4.64. The molecule has 2 aromatic rings. The summed E-state index contributed by atoms with van der Waals surface area (Å²) in [6, 6.07) is 0. The van der Waals surface area contributed by atoms with Crippen molar-refractivity contribution in [3.63, 3.8) is 0 Å². The van der Waals surface area contributed by atoms with Crippen LogP contribution in [0.3, 0.4) is 0 Å². The fraction of sp³-hybridized carbons (Fsp3) is 0.375. The molecule has 0 aliphatic heterocycles. The maximum atomic E-state index is 12.3. The molecule has 0 atom stereocenters. The summed E-state index contributed by atoms with van der Waals surface area (Å²) >= 11 is -0.335. The molecule has 0 bridgehead atoms. The summed E-state index contributed by atoms with van der Waals surface area (Å²) in [5.74, 6) is -0.905. The second-order valence-corrected chi connectivity index (χ2v) is 4.38. The van der Waals surface area contributed by atoms with Crippen molar-refractivity contribution in [1.82, 2.24) is 19.6 Å². The Labute approximate surface area is 105 Å². The summed E-state index contributed by atoms with van der Waals surface area (Å²) in [5.41, 5.74) is -5.68. The van der Waals surface area contributed by atoms with E-state index in [-0.39, 0.29) is 17.5 Å². The normalized spacial score (nSPS) is 13.2. The lowest BCUT2D eigenvalue weighted by Gasteiger charge is -2.06. The Kier molecular flexibility index (Phi) is 3.32. The van der Waals surface area contributed by atoms with E-state index in [4.69, 9.17) is 0 Å². The minimum absolute atomic E-state index is 0.0125. The Balaban J connectivity index is 2.30. The van der Waals surface area contributed by atoms with Gasteiger partial charge in [0, 0.05) is 5.75 Å². The predicted molar refractivity (Wildman–Crippen MR) is 53.1 cm³/mol. The van der Waals surface area contributed by atoms with E-state index < -0.39 is 28.9 Å². The third-order valence-corrected chi connectivity index (χ3v) is 2.75. The van der Waals surface area contributed by atoms with Crippen molar-refractivity contribution in [3.05, 3.63) is 23.8 Å². The van der Waals surface area contributed by atoms with Crippen molar-refractivity contribution in [3.8, 4) is 0 Å². The second-order valence-electron chi connectivity index (χ2n) is 3.34. The highest BCUT2D eigenvalue weighted by Crippen LogP contribution is 2.33. The van der Waals surface area contributed by atoms with E-state index in [0.29, 0.717) is 6.20 Å². The highest BCUT2D eigenvalue weighted by Gasteiger charge is 2.34. The van der Waals surface area contributed by atoms with Crippen LogP contribution in [-0.2, 0) is 11.9 Å². The predicted octanol–water partition coefficient (Wildman–Crippen LogP) is 2.90. The zero-order chi connectivity index (χ0) is 14.3. The van der Waals surface area contributed by atoms with Crippen LogP contribution in [0.15, 0.2) is 12.4 Å². The third kappa shape index (κ3) is 3.28. The lowest BCUT2D eigenvalue weighted by atomic mass is 10.5. The van der Waals surface area contributed by atoms with Gasteiger partial charge in [0.2, 0.25) is 0 Å². The van der Waals surface area contributed by atoms with Gasteiger partial charge in [0.15, 0.2) is 5.69 Å². The molecule has 19 heavy (non-hydrogen) atoms. The van der Waals surface area contributed by atoms with Crippen molar-refractivity contribution >= 4 is 17.5 Å².